The molecular weight excluding hydrogens is 263 g/mol. The van der Waals surface area contributed by atoms with Crippen molar-refractivity contribution in [3.05, 3.63) is 16.6 Å². The average Bonchev–Trinajstić information content (AvgIpc) is 2.35. The van der Waals surface area contributed by atoms with Crippen LogP contribution in [-0.4, -0.2) is 29.0 Å². The van der Waals surface area contributed by atoms with Crippen LogP contribution in [0.15, 0.2) is 6.33 Å². The summed E-state index contributed by atoms with van der Waals surface area (Å²) in [6.45, 7) is 1.70. The number of aromatic nitrogens is 2. The maximum absolute atomic E-state index is 12.0. The van der Waals surface area contributed by atoms with E-state index >= 15 is 0 Å². The largest absolute Gasteiger partial charge is 0.321 e. The Hall–Kier alpha value is -0.910. The van der Waals surface area contributed by atoms with Gasteiger partial charge < -0.3 is 10.6 Å². The van der Waals surface area contributed by atoms with Crippen molar-refractivity contribution in [2.24, 2.45) is 5.92 Å². The highest BCUT2D eigenvalue weighted by Crippen LogP contribution is 2.27. The van der Waals surface area contributed by atoms with Crippen molar-refractivity contribution in [2.75, 3.05) is 18.4 Å². The number of carbonyl (C=O) groups is 1. The molecule has 1 amide bonds. The van der Waals surface area contributed by atoms with Crippen LogP contribution in [0.25, 0.3) is 0 Å². The van der Waals surface area contributed by atoms with Gasteiger partial charge in [-0.25, -0.2) is 9.97 Å². The topological polar surface area (TPSA) is 66.9 Å². The van der Waals surface area contributed by atoms with Gasteiger partial charge in [0.25, 0.3) is 0 Å². The number of halogens is 2. The zero-order valence-electron chi connectivity index (χ0n) is 9.04. The Morgan fingerprint density at radius 2 is 1.88 bits per heavy atom. The van der Waals surface area contributed by atoms with E-state index in [2.05, 4.69) is 20.6 Å². The monoisotopic (exact) mass is 274 g/mol. The third kappa shape index (κ3) is 3.06. The number of nitrogens with one attached hydrogen (secondary N) is 2. The smallest absolute Gasteiger partial charge is 0.227 e. The minimum absolute atomic E-state index is 0.0106. The van der Waals surface area contributed by atoms with Crippen molar-refractivity contribution in [3.63, 3.8) is 0 Å². The summed E-state index contributed by atoms with van der Waals surface area (Å²) in [6, 6.07) is 0. The minimum atomic E-state index is -0.0786. The Labute approximate surface area is 109 Å². The molecule has 7 heteroatoms. The third-order valence-corrected chi connectivity index (χ3v) is 3.29. The van der Waals surface area contributed by atoms with Crippen molar-refractivity contribution in [2.45, 2.75) is 12.8 Å². The van der Waals surface area contributed by atoms with Crippen LogP contribution >= 0.6 is 23.2 Å². The molecule has 0 aromatic carbocycles. The average molecular weight is 275 g/mol. The Bertz CT molecular complexity index is 401. The van der Waals surface area contributed by atoms with E-state index in [0.29, 0.717) is 5.69 Å². The van der Waals surface area contributed by atoms with Gasteiger partial charge in [0.1, 0.15) is 12.0 Å². The van der Waals surface area contributed by atoms with E-state index in [9.17, 15) is 4.79 Å². The van der Waals surface area contributed by atoms with Crippen molar-refractivity contribution in [3.8, 4) is 0 Å². The molecule has 17 heavy (non-hydrogen) atoms. The maximum Gasteiger partial charge on any atom is 0.227 e. The third-order valence-electron chi connectivity index (χ3n) is 2.71. The first-order valence-electron chi connectivity index (χ1n) is 5.36. The van der Waals surface area contributed by atoms with Crippen LogP contribution in [0.5, 0.6) is 0 Å². The summed E-state index contributed by atoms with van der Waals surface area (Å²) in [5.74, 6) is -0.0892. The molecule has 0 unspecified atom stereocenters. The molecule has 1 aromatic rings. The zero-order chi connectivity index (χ0) is 12.3. The molecule has 1 aliphatic rings. The second-order valence-electron chi connectivity index (χ2n) is 3.84. The predicted octanol–water partition coefficient (Wildman–Crippen LogP) is 1.72. The lowest BCUT2D eigenvalue weighted by Gasteiger charge is -2.21. The molecule has 0 bridgehead atoms. The lowest BCUT2D eigenvalue weighted by Crippen LogP contribution is -2.34. The quantitative estimate of drug-likeness (QED) is 0.806. The summed E-state index contributed by atoms with van der Waals surface area (Å²) in [4.78, 5) is 19.5. The van der Waals surface area contributed by atoms with Gasteiger partial charge in [-0.2, -0.15) is 0 Å². The molecular formula is C10H12Cl2N4O. The number of anilines is 1. The lowest BCUT2D eigenvalue weighted by molar-refractivity contribution is -0.120. The molecule has 5 nitrogen and oxygen atoms in total. The van der Waals surface area contributed by atoms with Gasteiger partial charge in [0.05, 0.1) is 0 Å². The first kappa shape index (κ1) is 12.5. The van der Waals surface area contributed by atoms with Gasteiger partial charge in [0.2, 0.25) is 5.91 Å². The van der Waals surface area contributed by atoms with E-state index in [0.717, 1.165) is 25.9 Å². The molecule has 0 radical (unpaired) electrons. The standard InChI is InChI=1S/C10H12Cl2N4O/c11-8-7(9(12)15-5-14-8)16-10(17)6-1-3-13-4-2-6/h5-6,13H,1-4H2,(H,16,17). The molecule has 0 aliphatic carbocycles. The van der Waals surface area contributed by atoms with Crippen molar-refractivity contribution >= 4 is 34.8 Å². The van der Waals surface area contributed by atoms with Crippen LogP contribution in [0.2, 0.25) is 10.3 Å². The van der Waals surface area contributed by atoms with Gasteiger partial charge in [-0.15, -0.1) is 0 Å². The zero-order valence-corrected chi connectivity index (χ0v) is 10.6. The Kier molecular flexibility index (Phi) is 4.15. The SMILES string of the molecule is O=C(Nc1c(Cl)ncnc1Cl)C1CCNCC1. The van der Waals surface area contributed by atoms with Crippen LogP contribution < -0.4 is 10.6 Å². The molecule has 0 spiro atoms. The number of carbonyl (C=O) groups excluding carboxylic acids is 1. The summed E-state index contributed by atoms with van der Waals surface area (Å²) in [5.41, 5.74) is 0.291. The Balaban J connectivity index is 2.07. The van der Waals surface area contributed by atoms with Crippen LogP contribution in [0.3, 0.4) is 0 Å². The molecule has 92 valence electrons. The summed E-state index contributed by atoms with van der Waals surface area (Å²) in [5, 5.41) is 6.21. The van der Waals surface area contributed by atoms with Gasteiger partial charge in [-0.1, -0.05) is 23.2 Å². The van der Waals surface area contributed by atoms with Gasteiger partial charge in [-0.05, 0) is 25.9 Å². The normalized spacial score (nSPS) is 16.8. The molecule has 1 aromatic heterocycles. The van der Waals surface area contributed by atoms with Crippen molar-refractivity contribution < 1.29 is 4.79 Å². The molecule has 1 aliphatic heterocycles. The van der Waals surface area contributed by atoms with Crippen LogP contribution in [0.4, 0.5) is 5.69 Å². The summed E-state index contributed by atoms with van der Waals surface area (Å²) >= 11 is 11.7. The molecule has 2 heterocycles. The van der Waals surface area contributed by atoms with Crippen LogP contribution in [-0.2, 0) is 4.79 Å². The molecule has 0 atom stereocenters. The van der Waals surface area contributed by atoms with Crippen LogP contribution in [0, 0.1) is 5.92 Å². The van der Waals surface area contributed by atoms with Crippen molar-refractivity contribution in [1.82, 2.24) is 15.3 Å². The van der Waals surface area contributed by atoms with E-state index < -0.39 is 0 Å². The summed E-state index contributed by atoms with van der Waals surface area (Å²) < 4.78 is 0. The van der Waals surface area contributed by atoms with E-state index in [4.69, 9.17) is 23.2 Å². The number of amides is 1. The highest BCUT2D eigenvalue weighted by atomic mass is 35.5. The van der Waals surface area contributed by atoms with Gasteiger partial charge in [0.15, 0.2) is 10.3 Å². The first-order valence-corrected chi connectivity index (χ1v) is 6.11. The van der Waals surface area contributed by atoms with Crippen molar-refractivity contribution in [1.29, 1.82) is 0 Å². The number of nitrogens with zero attached hydrogens (tertiary/aromatic N) is 2. The molecule has 0 saturated carbocycles. The maximum atomic E-state index is 12.0. The van der Waals surface area contributed by atoms with E-state index in [-0.39, 0.29) is 22.1 Å². The second-order valence-corrected chi connectivity index (χ2v) is 4.56. The number of rotatable bonds is 2. The Morgan fingerprint density at radius 1 is 1.29 bits per heavy atom. The molecule has 1 fully saturated rings. The van der Waals surface area contributed by atoms with E-state index in [1.807, 2.05) is 0 Å². The Morgan fingerprint density at radius 3 is 2.47 bits per heavy atom. The summed E-state index contributed by atoms with van der Waals surface area (Å²) in [6.07, 6.45) is 2.88. The fraction of sp³-hybridized carbons (Fsp3) is 0.500. The van der Waals surface area contributed by atoms with Gasteiger partial charge >= 0.3 is 0 Å². The highest BCUT2D eigenvalue weighted by Gasteiger charge is 2.22. The van der Waals surface area contributed by atoms with Gasteiger partial charge in [-0.3, -0.25) is 4.79 Å². The highest BCUT2D eigenvalue weighted by molar-refractivity contribution is 6.38. The fourth-order valence-corrected chi connectivity index (χ4v) is 2.17. The molecule has 1 saturated heterocycles. The molecule has 2 rings (SSSR count). The van der Waals surface area contributed by atoms with Gasteiger partial charge in [0, 0.05) is 5.92 Å². The van der Waals surface area contributed by atoms with E-state index in [1.54, 1.807) is 0 Å². The number of hydrogen-bond acceptors (Lipinski definition) is 4. The van der Waals surface area contributed by atoms with E-state index in [1.165, 1.54) is 6.33 Å². The number of hydrogen-bond donors (Lipinski definition) is 2. The van der Waals surface area contributed by atoms with Crippen LogP contribution in [0.1, 0.15) is 12.8 Å². The summed E-state index contributed by atoms with van der Waals surface area (Å²) in [7, 11) is 0. The fourth-order valence-electron chi connectivity index (χ4n) is 1.76. The molecule has 2 N–H and O–H groups in total. The minimum Gasteiger partial charge on any atom is -0.321 e. The lowest BCUT2D eigenvalue weighted by atomic mass is 9.97. The first-order chi connectivity index (χ1) is 8.18. The second kappa shape index (κ2) is 5.62. The number of piperidine rings is 1. The predicted molar refractivity (Wildman–Crippen MR) is 66.3 cm³/mol.